The lowest BCUT2D eigenvalue weighted by atomic mass is 9.94. The first kappa shape index (κ1) is 23.7. The van der Waals surface area contributed by atoms with E-state index in [4.69, 9.17) is 4.42 Å². The van der Waals surface area contributed by atoms with Gasteiger partial charge >= 0.3 is 0 Å². The molecule has 2 aliphatic heterocycles. The first-order chi connectivity index (χ1) is 14.2. The van der Waals surface area contributed by atoms with Crippen molar-refractivity contribution in [2.24, 2.45) is 4.99 Å². The van der Waals surface area contributed by atoms with Crippen molar-refractivity contribution in [3.63, 3.8) is 0 Å². The number of piperazine rings is 1. The van der Waals surface area contributed by atoms with E-state index in [1.165, 1.54) is 50.3 Å². The van der Waals surface area contributed by atoms with Gasteiger partial charge in [0.1, 0.15) is 0 Å². The second-order valence-corrected chi connectivity index (χ2v) is 9.41. The Hall–Kier alpha value is -0.940. The van der Waals surface area contributed by atoms with Gasteiger partial charge in [0.2, 0.25) is 0 Å². The number of hydrogen-bond donors (Lipinski definition) is 1. The number of nitrogens with one attached hydrogen (secondary N) is 1. The topological polar surface area (TPSA) is 64.3 Å². The molecule has 3 aliphatic rings. The van der Waals surface area contributed by atoms with E-state index in [1.807, 2.05) is 11.9 Å². The van der Waals surface area contributed by atoms with Gasteiger partial charge in [0.25, 0.3) is 5.91 Å². The summed E-state index contributed by atoms with van der Waals surface area (Å²) >= 11 is 2.08. The van der Waals surface area contributed by atoms with Gasteiger partial charge in [-0.3, -0.25) is 14.7 Å². The summed E-state index contributed by atoms with van der Waals surface area (Å²) in [6.07, 6.45) is 6.78. The van der Waals surface area contributed by atoms with Crippen LogP contribution in [0.2, 0.25) is 0 Å². The zero-order valence-electron chi connectivity index (χ0n) is 17.8. The van der Waals surface area contributed by atoms with Gasteiger partial charge in [-0.15, -0.1) is 24.0 Å². The number of thioether (sulfide) groups is 1. The Morgan fingerprint density at radius 1 is 1.13 bits per heavy atom. The maximum atomic E-state index is 12.5. The Morgan fingerprint density at radius 2 is 1.80 bits per heavy atom. The summed E-state index contributed by atoms with van der Waals surface area (Å²) in [6, 6.07) is 3.49. The van der Waals surface area contributed by atoms with Crippen molar-refractivity contribution >= 4 is 47.6 Å². The lowest BCUT2D eigenvalue weighted by Gasteiger charge is -2.44. The van der Waals surface area contributed by atoms with Crippen LogP contribution < -0.4 is 5.32 Å². The smallest absolute Gasteiger partial charge is 0.289 e. The molecule has 1 aliphatic carbocycles. The lowest BCUT2D eigenvalue weighted by molar-refractivity contribution is 0.0655. The number of carbonyl (C=O) groups is 1. The number of aliphatic imine (C=N–C) groups is 1. The molecule has 1 saturated carbocycles. The monoisotopic (exact) mass is 547 g/mol. The number of amides is 1. The minimum Gasteiger partial charge on any atom is -0.459 e. The first-order valence-corrected chi connectivity index (χ1v) is 12.0. The molecular weight excluding hydrogens is 513 g/mol. The van der Waals surface area contributed by atoms with Gasteiger partial charge < -0.3 is 19.5 Å². The molecule has 3 fully saturated rings. The van der Waals surface area contributed by atoms with Crippen LogP contribution in [0.15, 0.2) is 27.8 Å². The van der Waals surface area contributed by atoms with Crippen molar-refractivity contribution in [1.82, 2.24) is 20.0 Å². The minimum absolute atomic E-state index is 0. The van der Waals surface area contributed by atoms with Crippen LogP contribution in [0.5, 0.6) is 0 Å². The predicted octanol–water partition coefficient (Wildman–Crippen LogP) is 2.59. The summed E-state index contributed by atoms with van der Waals surface area (Å²) < 4.78 is 5.26. The average molecular weight is 548 g/mol. The zero-order valence-corrected chi connectivity index (χ0v) is 21.0. The Balaban J connectivity index is 0.00000256. The maximum Gasteiger partial charge on any atom is 0.289 e. The summed E-state index contributed by atoms with van der Waals surface area (Å²) in [6.45, 7) is 6.34. The number of guanidine groups is 1. The van der Waals surface area contributed by atoms with Gasteiger partial charge in [0, 0.05) is 69.9 Å². The largest absolute Gasteiger partial charge is 0.459 e. The van der Waals surface area contributed by atoms with E-state index >= 15 is 0 Å². The quantitative estimate of drug-likeness (QED) is 0.356. The lowest BCUT2D eigenvalue weighted by Crippen LogP contribution is -2.59. The predicted molar refractivity (Wildman–Crippen MR) is 133 cm³/mol. The SMILES string of the molecule is CN=C(NCC1(N2CCSCC2)CCCC1)N1CCN(C(=O)c2ccco2)CC1.I. The highest BCUT2D eigenvalue weighted by Gasteiger charge is 2.40. The van der Waals surface area contributed by atoms with Crippen molar-refractivity contribution in [3.8, 4) is 0 Å². The van der Waals surface area contributed by atoms with Gasteiger partial charge in [0.05, 0.1) is 6.26 Å². The number of carbonyl (C=O) groups excluding carboxylic acids is 1. The molecule has 30 heavy (non-hydrogen) atoms. The molecule has 1 amide bonds. The van der Waals surface area contributed by atoms with Crippen LogP contribution in [0.25, 0.3) is 0 Å². The highest BCUT2D eigenvalue weighted by molar-refractivity contribution is 14.0. The zero-order chi connectivity index (χ0) is 20.1. The molecule has 1 aromatic heterocycles. The van der Waals surface area contributed by atoms with Crippen molar-refractivity contribution in [2.45, 2.75) is 31.2 Å². The average Bonchev–Trinajstić information content (AvgIpc) is 3.48. The molecule has 0 spiro atoms. The van der Waals surface area contributed by atoms with E-state index in [1.54, 1.807) is 18.4 Å². The van der Waals surface area contributed by atoms with Crippen LogP contribution in [-0.2, 0) is 0 Å². The molecule has 3 heterocycles. The van der Waals surface area contributed by atoms with E-state index < -0.39 is 0 Å². The standard InChI is InChI=1S/C21H33N5O2S.HI/c1-22-20(23-17-21(6-2-3-7-21)26-12-15-29-16-13-26)25-10-8-24(9-11-25)19(27)18-5-4-14-28-18;/h4-5,14H,2-3,6-13,15-17H2,1H3,(H,22,23);1H. The number of hydrogen-bond acceptors (Lipinski definition) is 5. The highest BCUT2D eigenvalue weighted by atomic mass is 127. The third-order valence-electron chi connectivity index (χ3n) is 6.60. The summed E-state index contributed by atoms with van der Waals surface area (Å²) in [5, 5.41) is 3.70. The molecule has 0 bridgehead atoms. The van der Waals surface area contributed by atoms with Crippen LogP contribution in [0, 0.1) is 0 Å². The van der Waals surface area contributed by atoms with E-state index in [9.17, 15) is 4.79 Å². The Labute approximate surface area is 201 Å². The molecule has 0 aromatic carbocycles. The summed E-state index contributed by atoms with van der Waals surface area (Å²) in [5.41, 5.74) is 0.286. The normalized spacial score (nSPS) is 22.6. The van der Waals surface area contributed by atoms with Gasteiger partial charge in [0.15, 0.2) is 11.7 Å². The first-order valence-electron chi connectivity index (χ1n) is 10.8. The number of nitrogens with zero attached hydrogens (tertiary/aromatic N) is 4. The molecule has 0 unspecified atom stereocenters. The molecular formula is C21H34IN5O2S. The van der Waals surface area contributed by atoms with Gasteiger partial charge in [-0.1, -0.05) is 12.8 Å². The summed E-state index contributed by atoms with van der Waals surface area (Å²) in [5.74, 6) is 3.87. The van der Waals surface area contributed by atoms with E-state index in [0.717, 1.165) is 25.6 Å². The fourth-order valence-electron chi connectivity index (χ4n) is 4.93. The number of furan rings is 1. The van der Waals surface area contributed by atoms with Crippen molar-refractivity contribution in [1.29, 1.82) is 0 Å². The fraction of sp³-hybridized carbons (Fsp3) is 0.714. The molecule has 2 saturated heterocycles. The molecule has 1 aromatic rings. The molecule has 4 rings (SSSR count). The van der Waals surface area contributed by atoms with Crippen LogP contribution in [0.4, 0.5) is 0 Å². The molecule has 1 N–H and O–H groups in total. The molecule has 168 valence electrons. The molecule has 0 atom stereocenters. The summed E-state index contributed by atoms with van der Waals surface area (Å²) in [7, 11) is 1.86. The number of rotatable bonds is 4. The maximum absolute atomic E-state index is 12.5. The van der Waals surface area contributed by atoms with Gasteiger partial charge in [-0.25, -0.2) is 0 Å². The van der Waals surface area contributed by atoms with Crippen molar-refractivity contribution in [3.05, 3.63) is 24.2 Å². The third-order valence-corrected chi connectivity index (χ3v) is 7.54. The second-order valence-electron chi connectivity index (χ2n) is 8.19. The Kier molecular flexibility index (Phi) is 8.76. The van der Waals surface area contributed by atoms with Crippen molar-refractivity contribution in [2.75, 3.05) is 64.4 Å². The van der Waals surface area contributed by atoms with Crippen molar-refractivity contribution < 1.29 is 9.21 Å². The third kappa shape index (κ3) is 5.27. The number of halogens is 1. The summed E-state index contributed by atoms with van der Waals surface area (Å²) in [4.78, 5) is 23.9. The van der Waals surface area contributed by atoms with Crippen LogP contribution in [0.3, 0.4) is 0 Å². The fourth-order valence-corrected chi connectivity index (χ4v) is 5.83. The van der Waals surface area contributed by atoms with Crippen LogP contribution in [-0.4, -0.2) is 96.5 Å². The van der Waals surface area contributed by atoms with E-state index in [-0.39, 0.29) is 35.4 Å². The van der Waals surface area contributed by atoms with E-state index in [2.05, 4.69) is 31.9 Å². The Morgan fingerprint density at radius 3 is 2.40 bits per heavy atom. The van der Waals surface area contributed by atoms with Crippen LogP contribution >= 0.6 is 35.7 Å². The Bertz CT molecular complexity index is 694. The molecule has 9 heteroatoms. The second kappa shape index (κ2) is 11.1. The van der Waals surface area contributed by atoms with Gasteiger partial charge in [-0.05, 0) is 25.0 Å². The van der Waals surface area contributed by atoms with E-state index in [0.29, 0.717) is 18.8 Å². The molecule has 7 nitrogen and oxygen atoms in total. The molecule has 0 radical (unpaired) electrons. The van der Waals surface area contributed by atoms with Crippen LogP contribution in [0.1, 0.15) is 36.2 Å². The van der Waals surface area contributed by atoms with Gasteiger partial charge in [-0.2, -0.15) is 11.8 Å². The highest BCUT2D eigenvalue weighted by Crippen LogP contribution is 2.36. The minimum atomic E-state index is -0.0227.